The summed E-state index contributed by atoms with van der Waals surface area (Å²) in [5.41, 5.74) is 5.59. The van der Waals surface area contributed by atoms with Crippen molar-refractivity contribution in [2.75, 3.05) is 19.0 Å². The molecule has 3 heteroatoms. The highest BCUT2D eigenvalue weighted by molar-refractivity contribution is 5.46. The van der Waals surface area contributed by atoms with Gasteiger partial charge in [0.25, 0.3) is 0 Å². The Morgan fingerprint density at radius 1 is 1.21 bits per heavy atom. The SMILES string of the molecule is CC1CCCC(C(NN)c2ccc(N(C)C)cc2)C1. The summed E-state index contributed by atoms with van der Waals surface area (Å²) in [6.07, 6.45) is 5.27. The van der Waals surface area contributed by atoms with Gasteiger partial charge in [-0.3, -0.25) is 11.3 Å². The monoisotopic (exact) mass is 261 g/mol. The van der Waals surface area contributed by atoms with Gasteiger partial charge in [0.1, 0.15) is 0 Å². The summed E-state index contributed by atoms with van der Waals surface area (Å²) in [5, 5.41) is 0. The first-order valence-electron chi connectivity index (χ1n) is 7.35. The van der Waals surface area contributed by atoms with Crippen molar-refractivity contribution in [3.8, 4) is 0 Å². The van der Waals surface area contributed by atoms with E-state index >= 15 is 0 Å². The maximum atomic E-state index is 5.82. The zero-order valence-corrected chi connectivity index (χ0v) is 12.4. The molecule has 0 amide bonds. The highest BCUT2D eigenvalue weighted by Crippen LogP contribution is 2.37. The van der Waals surface area contributed by atoms with Gasteiger partial charge in [0.2, 0.25) is 0 Å². The molecule has 0 spiro atoms. The van der Waals surface area contributed by atoms with Gasteiger partial charge in [-0.2, -0.15) is 0 Å². The van der Waals surface area contributed by atoms with Crippen molar-refractivity contribution >= 4 is 5.69 Å². The molecule has 0 aliphatic heterocycles. The highest BCUT2D eigenvalue weighted by atomic mass is 15.2. The molecule has 0 heterocycles. The third-order valence-corrected chi connectivity index (χ3v) is 4.40. The van der Waals surface area contributed by atoms with Crippen molar-refractivity contribution in [3.63, 3.8) is 0 Å². The summed E-state index contributed by atoms with van der Waals surface area (Å²) in [7, 11) is 4.13. The van der Waals surface area contributed by atoms with Crippen LogP contribution in [0.1, 0.15) is 44.2 Å². The van der Waals surface area contributed by atoms with E-state index in [1.54, 1.807) is 0 Å². The van der Waals surface area contributed by atoms with Crippen LogP contribution in [-0.4, -0.2) is 14.1 Å². The van der Waals surface area contributed by atoms with E-state index in [0.29, 0.717) is 12.0 Å². The minimum absolute atomic E-state index is 0.291. The third kappa shape index (κ3) is 3.48. The molecule has 3 N–H and O–H groups in total. The number of nitrogens with two attached hydrogens (primary N) is 1. The fourth-order valence-corrected chi connectivity index (χ4v) is 3.27. The maximum absolute atomic E-state index is 5.82. The molecule has 0 saturated heterocycles. The Morgan fingerprint density at radius 3 is 2.42 bits per heavy atom. The Bertz CT molecular complexity index is 385. The molecule has 19 heavy (non-hydrogen) atoms. The molecule has 1 saturated carbocycles. The lowest BCUT2D eigenvalue weighted by Gasteiger charge is -2.33. The number of anilines is 1. The van der Waals surface area contributed by atoms with Crippen LogP contribution in [0.5, 0.6) is 0 Å². The van der Waals surface area contributed by atoms with E-state index in [-0.39, 0.29) is 0 Å². The van der Waals surface area contributed by atoms with Crippen molar-refractivity contribution < 1.29 is 0 Å². The molecular weight excluding hydrogens is 234 g/mol. The first-order chi connectivity index (χ1) is 9.11. The van der Waals surface area contributed by atoms with E-state index in [0.717, 1.165) is 5.92 Å². The number of benzene rings is 1. The molecule has 106 valence electrons. The van der Waals surface area contributed by atoms with Crippen LogP contribution >= 0.6 is 0 Å². The van der Waals surface area contributed by atoms with Crippen molar-refractivity contribution in [2.45, 2.75) is 38.6 Å². The summed E-state index contributed by atoms with van der Waals surface area (Å²) in [6.45, 7) is 2.36. The molecule has 0 bridgehead atoms. The Morgan fingerprint density at radius 2 is 1.89 bits per heavy atom. The Balaban J connectivity index is 2.12. The molecule has 3 unspecified atom stereocenters. The van der Waals surface area contributed by atoms with Gasteiger partial charge in [0.15, 0.2) is 0 Å². The van der Waals surface area contributed by atoms with Crippen LogP contribution < -0.4 is 16.2 Å². The third-order valence-electron chi connectivity index (χ3n) is 4.40. The van der Waals surface area contributed by atoms with Gasteiger partial charge in [-0.15, -0.1) is 0 Å². The predicted octanol–water partition coefficient (Wildman–Crippen LogP) is 3.08. The molecule has 0 radical (unpaired) electrons. The second kappa shape index (κ2) is 6.40. The summed E-state index contributed by atoms with van der Waals surface area (Å²) in [6, 6.07) is 9.05. The number of hydrogen-bond acceptors (Lipinski definition) is 3. The van der Waals surface area contributed by atoms with E-state index in [2.05, 4.69) is 55.6 Å². The van der Waals surface area contributed by atoms with Crippen LogP contribution in [0.25, 0.3) is 0 Å². The van der Waals surface area contributed by atoms with Crippen LogP contribution in [0.4, 0.5) is 5.69 Å². The average Bonchev–Trinajstić information content (AvgIpc) is 2.40. The number of rotatable bonds is 4. The van der Waals surface area contributed by atoms with Crippen molar-refractivity contribution in [3.05, 3.63) is 29.8 Å². The molecule has 3 nitrogen and oxygen atoms in total. The van der Waals surface area contributed by atoms with Gasteiger partial charge < -0.3 is 4.90 Å². The topological polar surface area (TPSA) is 41.3 Å². The minimum Gasteiger partial charge on any atom is -0.378 e. The fourth-order valence-electron chi connectivity index (χ4n) is 3.27. The van der Waals surface area contributed by atoms with E-state index in [4.69, 9.17) is 5.84 Å². The van der Waals surface area contributed by atoms with Gasteiger partial charge >= 0.3 is 0 Å². The van der Waals surface area contributed by atoms with Crippen LogP contribution in [0.3, 0.4) is 0 Å². The van der Waals surface area contributed by atoms with Gasteiger partial charge in [0, 0.05) is 25.8 Å². The van der Waals surface area contributed by atoms with E-state index < -0.39 is 0 Å². The normalized spacial score (nSPS) is 25.1. The van der Waals surface area contributed by atoms with Crippen LogP contribution in [-0.2, 0) is 0 Å². The number of nitrogens with zero attached hydrogens (tertiary/aromatic N) is 1. The molecular formula is C16H27N3. The standard InChI is InChI=1S/C16H27N3/c1-12-5-4-6-14(11-12)16(18-17)13-7-9-15(10-8-13)19(2)3/h7-10,12,14,16,18H,4-6,11,17H2,1-3H3. The minimum atomic E-state index is 0.291. The molecule has 1 aliphatic carbocycles. The number of hydrazine groups is 1. The van der Waals surface area contributed by atoms with E-state index in [9.17, 15) is 0 Å². The first kappa shape index (κ1) is 14.4. The van der Waals surface area contributed by atoms with Crippen molar-refractivity contribution in [2.24, 2.45) is 17.7 Å². The quantitative estimate of drug-likeness (QED) is 0.646. The summed E-state index contributed by atoms with van der Waals surface area (Å²) in [4.78, 5) is 2.12. The average molecular weight is 261 g/mol. The molecule has 1 aliphatic rings. The number of hydrogen-bond donors (Lipinski definition) is 2. The van der Waals surface area contributed by atoms with E-state index in [1.807, 2.05) is 0 Å². The van der Waals surface area contributed by atoms with Crippen molar-refractivity contribution in [1.29, 1.82) is 0 Å². The summed E-state index contributed by atoms with van der Waals surface area (Å²) < 4.78 is 0. The van der Waals surface area contributed by atoms with Gasteiger partial charge in [0.05, 0.1) is 0 Å². The summed E-state index contributed by atoms with van der Waals surface area (Å²) in [5.74, 6) is 7.31. The zero-order chi connectivity index (χ0) is 13.8. The second-order valence-electron chi connectivity index (χ2n) is 6.16. The van der Waals surface area contributed by atoms with Crippen LogP contribution in [0, 0.1) is 11.8 Å². The van der Waals surface area contributed by atoms with Crippen LogP contribution in [0.15, 0.2) is 24.3 Å². The van der Waals surface area contributed by atoms with Gasteiger partial charge in [-0.1, -0.05) is 31.9 Å². The largest absolute Gasteiger partial charge is 0.378 e. The Kier molecular flexibility index (Phi) is 4.83. The Labute approximate surface area is 117 Å². The zero-order valence-electron chi connectivity index (χ0n) is 12.4. The Hall–Kier alpha value is -1.06. The molecule has 1 fully saturated rings. The fraction of sp³-hybridized carbons (Fsp3) is 0.625. The van der Waals surface area contributed by atoms with Gasteiger partial charge in [-0.25, -0.2) is 0 Å². The lowest BCUT2D eigenvalue weighted by Crippen LogP contribution is -2.35. The molecule has 3 atom stereocenters. The predicted molar refractivity (Wildman–Crippen MR) is 82.0 cm³/mol. The van der Waals surface area contributed by atoms with E-state index in [1.165, 1.54) is 36.9 Å². The lowest BCUT2D eigenvalue weighted by molar-refractivity contribution is 0.224. The summed E-state index contributed by atoms with van der Waals surface area (Å²) >= 11 is 0. The second-order valence-corrected chi connectivity index (χ2v) is 6.16. The van der Waals surface area contributed by atoms with Gasteiger partial charge in [-0.05, 0) is 42.4 Å². The van der Waals surface area contributed by atoms with Crippen molar-refractivity contribution in [1.82, 2.24) is 5.43 Å². The molecule has 1 aromatic rings. The van der Waals surface area contributed by atoms with Crippen LogP contribution in [0.2, 0.25) is 0 Å². The smallest absolute Gasteiger partial charge is 0.0488 e. The molecule has 0 aromatic heterocycles. The molecule has 2 rings (SSSR count). The number of nitrogens with one attached hydrogen (secondary N) is 1. The lowest BCUT2D eigenvalue weighted by atomic mass is 9.77. The first-order valence-corrected chi connectivity index (χ1v) is 7.35. The highest BCUT2D eigenvalue weighted by Gasteiger charge is 2.27. The maximum Gasteiger partial charge on any atom is 0.0488 e. The molecule has 1 aromatic carbocycles.